The number of benzene rings is 1. The molecule has 0 spiro atoms. The van der Waals surface area contributed by atoms with Gasteiger partial charge in [-0.2, -0.15) is 5.10 Å². The summed E-state index contributed by atoms with van der Waals surface area (Å²) in [7, 11) is 0. The highest BCUT2D eigenvalue weighted by Gasteiger charge is 2.44. The second kappa shape index (κ2) is 15.4. The molecule has 0 unspecified atom stereocenters. The van der Waals surface area contributed by atoms with Crippen LogP contribution in [-0.2, 0) is 27.2 Å². The van der Waals surface area contributed by atoms with Crippen molar-refractivity contribution in [2.24, 2.45) is 0 Å². The van der Waals surface area contributed by atoms with Gasteiger partial charge in [0.1, 0.15) is 36.6 Å². The lowest BCUT2D eigenvalue weighted by Gasteiger charge is -2.40. The van der Waals surface area contributed by atoms with Crippen LogP contribution in [0.3, 0.4) is 0 Å². The van der Waals surface area contributed by atoms with Gasteiger partial charge in [-0.3, -0.25) is 9.48 Å². The smallest absolute Gasteiger partial charge is 0.220 e. The molecule has 2 aromatic rings. The first kappa shape index (κ1) is 31.1. The Balaban J connectivity index is 1.59. The molecule has 12 nitrogen and oxygen atoms in total. The van der Waals surface area contributed by atoms with Crippen molar-refractivity contribution in [3.63, 3.8) is 0 Å². The van der Waals surface area contributed by atoms with Crippen LogP contribution in [0.5, 0.6) is 0 Å². The number of aliphatic hydroxyl groups is 6. The van der Waals surface area contributed by atoms with E-state index in [2.05, 4.69) is 22.5 Å². The van der Waals surface area contributed by atoms with E-state index < -0.39 is 62.2 Å². The third-order valence-corrected chi connectivity index (χ3v) is 6.90. The molecular weight excluding hydrogens is 510 g/mol. The highest BCUT2D eigenvalue weighted by atomic mass is 16.7. The van der Waals surface area contributed by atoms with E-state index >= 15 is 0 Å². The van der Waals surface area contributed by atoms with Crippen LogP contribution in [0.2, 0.25) is 0 Å². The Bertz CT molecular complexity index is 990. The van der Waals surface area contributed by atoms with Crippen molar-refractivity contribution >= 4 is 5.91 Å². The number of amides is 1. The molecule has 218 valence electrons. The Morgan fingerprint density at radius 2 is 1.85 bits per heavy atom. The minimum Gasteiger partial charge on any atom is -0.394 e. The summed E-state index contributed by atoms with van der Waals surface area (Å²) >= 11 is 0. The summed E-state index contributed by atoms with van der Waals surface area (Å²) in [5, 5.41) is 68.2. The zero-order valence-electron chi connectivity index (χ0n) is 22.1. The molecule has 0 aliphatic carbocycles. The zero-order valence-corrected chi connectivity index (χ0v) is 22.1. The van der Waals surface area contributed by atoms with E-state index in [1.807, 2.05) is 25.1 Å². The standard InChI is InChI=1S/C27H41N3O9/c1-2-30-14-18(13-28-30)22(33)23(34)19(16-38-27-26(37)25(36)24(35)20(15-31)39-27)29-21(32)12-8-4-7-11-17-9-5-3-6-10-17/h3,5-6,9-10,13-14,19-20,22-27,31,33-37H,2,4,7-8,11-12,15-16H2,1H3,(H,29,32)/t19-,20+,22+,23-,24-,25-,26+,27-/m0/s1. The van der Waals surface area contributed by atoms with Crippen LogP contribution in [-0.4, -0.2) is 102 Å². The maximum atomic E-state index is 12.7. The van der Waals surface area contributed by atoms with E-state index in [1.165, 1.54) is 11.8 Å². The van der Waals surface area contributed by atoms with Crippen LogP contribution in [0.25, 0.3) is 0 Å². The van der Waals surface area contributed by atoms with E-state index in [0.29, 0.717) is 18.5 Å². The number of rotatable bonds is 15. The van der Waals surface area contributed by atoms with E-state index in [-0.39, 0.29) is 12.3 Å². The molecule has 1 fully saturated rings. The first-order chi connectivity index (χ1) is 18.7. The number of aromatic nitrogens is 2. The predicted octanol–water partition coefficient (Wildman–Crippen LogP) is -0.598. The predicted molar refractivity (Wildman–Crippen MR) is 139 cm³/mol. The zero-order chi connectivity index (χ0) is 28.4. The number of ether oxygens (including phenoxy) is 2. The fourth-order valence-electron chi connectivity index (χ4n) is 4.47. The molecule has 0 radical (unpaired) electrons. The average molecular weight is 552 g/mol. The summed E-state index contributed by atoms with van der Waals surface area (Å²) in [4.78, 5) is 12.7. The summed E-state index contributed by atoms with van der Waals surface area (Å²) in [6.07, 6.45) is -3.89. The molecule has 7 N–H and O–H groups in total. The van der Waals surface area contributed by atoms with Gasteiger partial charge >= 0.3 is 0 Å². The van der Waals surface area contributed by atoms with Gasteiger partial charge in [0.15, 0.2) is 6.29 Å². The Morgan fingerprint density at radius 1 is 1.10 bits per heavy atom. The summed E-state index contributed by atoms with van der Waals surface area (Å²) in [5.74, 6) is -0.354. The minimum atomic E-state index is -1.64. The van der Waals surface area contributed by atoms with Crippen LogP contribution in [0.15, 0.2) is 42.7 Å². The minimum absolute atomic E-state index is 0.196. The molecule has 12 heteroatoms. The molecule has 1 aromatic heterocycles. The molecule has 2 heterocycles. The summed E-state index contributed by atoms with van der Waals surface area (Å²) in [6.45, 7) is 1.41. The van der Waals surface area contributed by atoms with Gasteiger partial charge in [0.2, 0.25) is 5.91 Å². The third kappa shape index (κ3) is 8.78. The lowest BCUT2D eigenvalue weighted by Crippen LogP contribution is -2.60. The number of hydrogen-bond acceptors (Lipinski definition) is 10. The molecule has 1 amide bonds. The van der Waals surface area contributed by atoms with E-state index in [9.17, 15) is 35.4 Å². The first-order valence-electron chi connectivity index (χ1n) is 13.4. The van der Waals surface area contributed by atoms with Gasteiger partial charge in [0.05, 0.1) is 25.5 Å². The maximum Gasteiger partial charge on any atom is 0.220 e. The summed E-state index contributed by atoms with van der Waals surface area (Å²) < 4.78 is 12.5. The van der Waals surface area contributed by atoms with Crippen LogP contribution in [0, 0.1) is 0 Å². The number of carbonyl (C=O) groups is 1. The average Bonchev–Trinajstić information content (AvgIpc) is 3.44. The number of unbranched alkanes of at least 4 members (excludes halogenated alkanes) is 2. The van der Waals surface area contributed by atoms with Gasteiger partial charge in [-0.1, -0.05) is 36.8 Å². The van der Waals surface area contributed by atoms with Gasteiger partial charge in [-0.15, -0.1) is 0 Å². The fourth-order valence-corrected chi connectivity index (χ4v) is 4.47. The summed E-state index contributed by atoms with van der Waals surface area (Å²) in [6, 6.07) is 8.94. The second-order valence-electron chi connectivity index (χ2n) is 9.82. The monoisotopic (exact) mass is 551 g/mol. The topological polar surface area (TPSA) is 187 Å². The molecule has 0 bridgehead atoms. The van der Waals surface area contributed by atoms with E-state index in [4.69, 9.17) is 9.47 Å². The van der Waals surface area contributed by atoms with Crippen LogP contribution in [0.4, 0.5) is 0 Å². The number of nitrogens with one attached hydrogen (secondary N) is 1. The third-order valence-electron chi connectivity index (χ3n) is 6.90. The molecule has 39 heavy (non-hydrogen) atoms. The van der Waals surface area contributed by atoms with Gasteiger partial charge in [0, 0.05) is 24.7 Å². The number of nitrogens with zero attached hydrogens (tertiary/aromatic N) is 2. The SMILES string of the molecule is CCn1cc([C@@H](O)[C@@H](O)[C@H](CO[C@H]2O[C@H](CO)[C@H](O)[C@H](O)[C@H]2O)NC(=O)CCCCCc2ccccc2)cn1. The van der Waals surface area contributed by atoms with Gasteiger partial charge in [-0.25, -0.2) is 0 Å². The quantitative estimate of drug-likeness (QED) is 0.141. The Kier molecular flexibility index (Phi) is 12.3. The highest BCUT2D eigenvalue weighted by Crippen LogP contribution is 2.24. The Hall–Kier alpha value is -2.42. The number of aryl methyl sites for hydroxylation is 2. The lowest BCUT2D eigenvalue weighted by molar-refractivity contribution is -0.303. The number of hydrogen-bond donors (Lipinski definition) is 7. The molecular formula is C27H41N3O9. The first-order valence-corrected chi connectivity index (χ1v) is 13.4. The van der Waals surface area contributed by atoms with Crippen LogP contribution >= 0.6 is 0 Å². The fraction of sp³-hybridized carbons (Fsp3) is 0.630. The van der Waals surface area contributed by atoms with Gasteiger partial charge in [0.25, 0.3) is 0 Å². The van der Waals surface area contributed by atoms with Crippen molar-refractivity contribution in [2.75, 3.05) is 13.2 Å². The van der Waals surface area contributed by atoms with Crippen molar-refractivity contribution in [2.45, 2.75) is 94.5 Å². The molecule has 1 aromatic carbocycles. The molecule has 3 rings (SSSR count). The van der Waals surface area contributed by atoms with E-state index in [1.54, 1.807) is 10.9 Å². The molecule has 1 aliphatic heterocycles. The Labute approximate surface area is 227 Å². The molecule has 0 saturated carbocycles. The highest BCUT2D eigenvalue weighted by molar-refractivity contribution is 5.76. The summed E-state index contributed by atoms with van der Waals surface area (Å²) in [5.41, 5.74) is 1.58. The van der Waals surface area contributed by atoms with Crippen molar-refractivity contribution < 1.29 is 44.9 Å². The number of carbonyl (C=O) groups excluding carboxylic acids is 1. The van der Waals surface area contributed by atoms with Crippen molar-refractivity contribution in [3.05, 3.63) is 53.9 Å². The van der Waals surface area contributed by atoms with Gasteiger partial charge in [-0.05, 0) is 31.7 Å². The van der Waals surface area contributed by atoms with E-state index in [0.717, 1.165) is 19.3 Å². The molecule has 1 saturated heterocycles. The normalized spacial score (nSPS) is 25.7. The molecule has 1 aliphatic rings. The number of aliphatic hydroxyl groups excluding tert-OH is 6. The van der Waals surface area contributed by atoms with Gasteiger partial charge < -0.3 is 45.4 Å². The van der Waals surface area contributed by atoms with Crippen molar-refractivity contribution in [1.82, 2.24) is 15.1 Å². The van der Waals surface area contributed by atoms with Crippen molar-refractivity contribution in [3.8, 4) is 0 Å². The lowest BCUT2D eigenvalue weighted by atomic mass is 9.99. The Morgan fingerprint density at radius 3 is 2.51 bits per heavy atom. The maximum absolute atomic E-state index is 12.7. The van der Waals surface area contributed by atoms with Crippen LogP contribution in [0.1, 0.15) is 49.8 Å². The van der Waals surface area contributed by atoms with Crippen LogP contribution < -0.4 is 5.32 Å². The molecule has 8 atom stereocenters. The second-order valence-corrected chi connectivity index (χ2v) is 9.82. The van der Waals surface area contributed by atoms with Crippen molar-refractivity contribution in [1.29, 1.82) is 0 Å². The largest absolute Gasteiger partial charge is 0.394 e.